The molecule has 2 aliphatic heterocycles. The highest BCUT2D eigenvalue weighted by molar-refractivity contribution is 7.90. The topological polar surface area (TPSA) is 104 Å². The van der Waals surface area contributed by atoms with Gasteiger partial charge in [0.05, 0.1) is 11.4 Å². The van der Waals surface area contributed by atoms with Crippen LogP contribution in [0.2, 0.25) is 0 Å². The van der Waals surface area contributed by atoms with E-state index >= 15 is 0 Å². The van der Waals surface area contributed by atoms with Gasteiger partial charge in [-0.2, -0.15) is 0 Å². The molecule has 0 saturated carbocycles. The van der Waals surface area contributed by atoms with E-state index in [9.17, 15) is 22.8 Å². The summed E-state index contributed by atoms with van der Waals surface area (Å²) in [4.78, 5) is 39.2. The molecule has 1 aromatic carbocycles. The molecular formula is C18H23N3O5S. The molecule has 4 amide bonds. The van der Waals surface area contributed by atoms with Gasteiger partial charge in [0.1, 0.15) is 0 Å². The summed E-state index contributed by atoms with van der Waals surface area (Å²) in [5.41, 5.74) is 0.907. The zero-order valence-electron chi connectivity index (χ0n) is 15.2. The Hall–Kier alpha value is -2.42. The molecule has 2 saturated heterocycles. The summed E-state index contributed by atoms with van der Waals surface area (Å²) in [7, 11) is -3.22. The van der Waals surface area contributed by atoms with Crippen LogP contribution in [0.25, 0.3) is 0 Å². The molecule has 3 rings (SSSR count). The second kappa shape index (κ2) is 7.67. The van der Waals surface area contributed by atoms with Gasteiger partial charge in [0.2, 0.25) is 11.8 Å². The second-order valence-electron chi connectivity index (χ2n) is 6.95. The molecule has 1 aromatic rings. The van der Waals surface area contributed by atoms with Crippen molar-refractivity contribution in [1.82, 2.24) is 15.1 Å². The Labute approximate surface area is 158 Å². The molecule has 2 fully saturated rings. The lowest BCUT2D eigenvalue weighted by Crippen LogP contribution is -2.49. The first-order valence-corrected chi connectivity index (χ1v) is 10.8. The van der Waals surface area contributed by atoms with Crippen LogP contribution in [-0.4, -0.2) is 68.0 Å². The van der Waals surface area contributed by atoms with Crippen LogP contribution in [0.5, 0.6) is 0 Å². The van der Waals surface area contributed by atoms with Gasteiger partial charge < -0.3 is 10.2 Å². The van der Waals surface area contributed by atoms with E-state index < -0.39 is 9.84 Å². The van der Waals surface area contributed by atoms with Crippen LogP contribution in [0, 0.1) is 0 Å². The molecule has 2 aliphatic rings. The minimum absolute atomic E-state index is 0.0258. The normalized spacial score (nSPS) is 18.7. The van der Waals surface area contributed by atoms with Crippen molar-refractivity contribution in [3.63, 3.8) is 0 Å². The summed E-state index contributed by atoms with van der Waals surface area (Å²) in [5, 5.41) is 2.52. The first-order chi connectivity index (χ1) is 12.8. The van der Waals surface area contributed by atoms with Gasteiger partial charge in [-0.1, -0.05) is 12.1 Å². The fraction of sp³-hybridized carbons (Fsp3) is 0.500. The van der Waals surface area contributed by atoms with E-state index in [1.807, 2.05) is 0 Å². The number of amides is 4. The Kier molecular flexibility index (Phi) is 5.50. The molecule has 1 N–H and O–H groups in total. The molecule has 27 heavy (non-hydrogen) atoms. The average Bonchev–Trinajstić information content (AvgIpc) is 2.98. The van der Waals surface area contributed by atoms with Gasteiger partial charge >= 0.3 is 6.03 Å². The highest BCUT2D eigenvalue weighted by Crippen LogP contribution is 2.20. The van der Waals surface area contributed by atoms with Gasteiger partial charge in [-0.3, -0.25) is 14.5 Å². The molecule has 0 aromatic heterocycles. The first-order valence-electron chi connectivity index (χ1n) is 8.92. The lowest BCUT2D eigenvalue weighted by molar-refractivity contribution is -0.133. The summed E-state index contributed by atoms with van der Waals surface area (Å²) < 4.78 is 22.9. The lowest BCUT2D eigenvalue weighted by Gasteiger charge is -2.35. The van der Waals surface area contributed by atoms with E-state index in [4.69, 9.17) is 0 Å². The maximum atomic E-state index is 12.4. The zero-order chi connectivity index (χ0) is 19.6. The molecule has 0 unspecified atom stereocenters. The maximum Gasteiger partial charge on any atom is 0.324 e. The molecule has 0 spiro atoms. The van der Waals surface area contributed by atoms with Gasteiger partial charge in [-0.25, -0.2) is 13.2 Å². The van der Waals surface area contributed by atoms with Crippen molar-refractivity contribution >= 4 is 27.7 Å². The minimum atomic E-state index is -3.22. The van der Waals surface area contributed by atoms with Crippen molar-refractivity contribution in [1.29, 1.82) is 0 Å². The van der Waals surface area contributed by atoms with Crippen LogP contribution in [0.4, 0.5) is 4.79 Å². The number of urea groups is 1. The van der Waals surface area contributed by atoms with E-state index in [0.717, 1.165) is 11.8 Å². The van der Waals surface area contributed by atoms with Gasteiger partial charge in [0, 0.05) is 31.8 Å². The van der Waals surface area contributed by atoms with Crippen LogP contribution in [-0.2, 0) is 25.8 Å². The lowest BCUT2D eigenvalue weighted by atomic mass is 10.0. The smallest absolute Gasteiger partial charge is 0.324 e. The van der Waals surface area contributed by atoms with Crippen molar-refractivity contribution in [2.45, 2.75) is 36.6 Å². The molecule has 0 bridgehead atoms. The fourth-order valence-electron chi connectivity index (χ4n) is 3.49. The van der Waals surface area contributed by atoms with Crippen LogP contribution in [0.3, 0.4) is 0 Å². The highest BCUT2D eigenvalue weighted by Gasteiger charge is 2.37. The van der Waals surface area contributed by atoms with E-state index in [0.29, 0.717) is 38.8 Å². The minimum Gasteiger partial charge on any atom is -0.343 e. The quantitative estimate of drug-likeness (QED) is 0.737. The SMILES string of the molecule is CS(=O)(=O)c1ccc(CCC(=O)N2CCC(N3C(=O)CNC3=O)CC2)cc1. The number of nitrogens with zero attached hydrogens (tertiary/aromatic N) is 2. The molecule has 9 heteroatoms. The number of carbonyl (C=O) groups is 3. The Balaban J connectivity index is 1.48. The third-order valence-electron chi connectivity index (χ3n) is 5.04. The Morgan fingerprint density at radius 3 is 2.30 bits per heavy atom. The largest absolute Gasteiger partial charge is 0.343 e. The van der Waals surface area contributed by atoms with Crippen LogP contribution in [0.1, 0.15) is 24.8 Å². The van der Waals surface area contributed by atoms with Crippen LogP contribution < -0.4 is 5.32 Å². The van der Waals surface area contributed by atoms with Gasteiger partial charge in [0.25, 0.3) is 0 Å². The van der Waals surface area contributed by atoms with Crippen molar-refractivity contribution in [2.75, 3.05) is 25.9 Å². The third kappa shape index (κ3) is 4.47. The number of hydrogen-bond donors (Lipinski definition) is 1. The van der Waals surface area contributed by atoms with Gasteiger partial charge in [-0.05, 0) is 37.0 Å². The number of aryl methyl sites for hydroxylation is 1. The van der Waals surface area contributed by atoms with E-state index in [1.54, 1.807) is 29.2 Å². The van der Waals surface area contributed by atoms with Crippen molar-refractivity contribution in [3.8, 4) is 0 Å². The van der Waals surface area contributed by atoms with E-state index in [2.05, 4.69) is 5.32 Å². The van der Waals surface area contributed by atoms with Crippen molar-refractivity contribution in [2.24, 2.45) is 0 Å². The van der Waals surface area contributed by atoms with Crippen LogP contribution >= 0.6 is 0 Å². The highest BCUT2D eigenvalue weighted by atomic mass is 32.2. The standard InChI is InChI=1S/C18H23N3O5S/c1-27(25,26)15-5-2-13(3-6-15)4-7-16(22)20-10-8-14(9-11-20)21-17(23)12-19-18(21)24/h2-3,5-6,14H,4,7-12H2,1H3,(H,19,24). The van der Waals surface area contributed by atoms with E-state index in [1.165, 1.54) is 4.90 Å². The Morgan fingerprint density at radius 1 is 1.15 bits per heavy atom. The van der Waals surface area contributed by atoms with Gasteiger partial charge in [-0.15, -0.1) is 0 Å². The number of nitrogens with one attached hydrogen (secondary N) is 1. The zero-order valence-corrected chi connectivity index (χ0v) is 16.0. The summed E-state index contributed by atoms with van der Waals surface area (Å²) in [5.74, 6) is -0.180. The summed E-state index contributed by atoms with van der Waals surface area (Å²) in [6.07, 6.45) is 3.22. The maximum absolute atomic E-state index is 12.4. The first kappa shape index (κ1) is 19.3. The number of likely N-dealkylation sites (tertiary alicyclic amines) is 1. The number of carbonyl (C=O) groups excluding carboxylic acids is 3. The monoisotopic (exact) mass is 393 g/mol. The second-order valence-corrected chi connectivity index (χ2v) is 8.97. The fourth-order valence-corrected chi connectivity index (χ4v) is 4.12. The molecule has 8 nitrogen and oxygen atoms in total. The Morgan fingerprint density at radius 2 is 1.78 bits per heavy atom. The van der Waals surface area contributed by atoms with Gasteiger partial charge in [0.15, 0.2) is 9.84 Å². The average molecular weight is 393 g/mol. The molecule has 0 aliphatic carbocycles. The number of rotatable bonds is 5. The molecule has 146 valence electrons. The number of imide groups is 1. The summed E-state index contributed by atoms with van der Waals surface area (Å²) >= 11 is 0. The molecule has 0 radical (unpaired) electrons. The van der Waals surface area contributed by atoms with Crippen molar-refractivity contribution < 1.29 is 22.8 Å². The number of benzene rings is 1. The number of sulfone groups is 1. The van der Waals surface area contributed by atoms with Crippen LogP contribution in [0.15, 0.2) is 29.2 Å². The molecule has 0 atom stereocenters. The summed E-state index contributed by atoms with van der Waals surface area (Å²) in [6, 6.07) is 6.08. The Bertz CT molecular complexity index is 826. The number of piperidine rings is 1. The number of hydrogen-bond acceptors (Lipinski definition) is 5. The summed E-state index contributed by atoms with van der Waals surface area (Å²) in [6.45, 7) is 1.09. The van der Waals surface area contributed by atoms with E-state index in [-0.39, 0.29) is 35.3 Å². The third-order valence-corrected chi connectivity index (χ3v) is 6.17. The predicted octanol–water partition coefficient (Wildman–Crippen LogP) is 0.566. The van der Waals surface area contributed by atoms with Crippen molar-refractivity contribution in [3.05, 3.63) is 29.8 Å². The molecular weight excluding hydrogens is 370 g/mol. The predicted molar refractivity (Wildman–Crippen MR) is 97.7 cm³/mol. The molecule has 2 heterocycles.